The summed E-state index contributed by atoms with van der Waals surface area (Å²) >= 11 is 0. The van der Waals surface area contributed by atoms with Crippen LogP contribution in [0.15, 0.2) is 75.9 Å². The van der Waals surface area contributed by atoms with Crippen LogP contribution in [-0.2, 0) is 6.54 Å². The first-order valence-electron chi connectivity index (χ1n) is 10.2. The number of rotatable bonds is 3. The second-order valence-electron chi connectivity index (χ2n) is 8.05. The van der Waals surface area contributed by atoms with Gasteiger partial charge in [-0.3, -0.25) is 9.59 Å². The number of phenols is 1. The molecule has 5 rings (SSSR count). The lowest BCUT2D eigenvalue weighted by Crippen LogP contribution is -2.29. The largest absolute Gasteiger partial charge is 0.508 e. The highest BCUT2D eigenvalue weighted by atomic mass is 16.3. The van der Waals surface area contributed by atoms with Crippen LogP contribution < -0.4 is 5.43 Å². The summed E-state index contributed by atoms with van der Waals surface area (Å²) in [6, 6.07) is 19.4. The molecule has 1 N–H and O–H groups in total. The third-order valence-electron chi connectivity index (χ3n) is 5.79. The lowest BCUT2D eigenvalue weighted by atomic mass is 9.96. The van der Waals surface area contributed by atoms with E-state index in [0.717, 1.165) is 16.7 Å². The van der Waals surface area contributed by atoms with Crippen LogP contribution in [0.25, 0.3) is 11.0 Å². The summed E-state index contributed by atoms with van der Waals surface area (Å²) in [7, 11) is 0. The van der Waals surface area contributed by atoms with Gasteiger partial charge >= 0.3 is 0 Å². The van der Waals surface area contributed by atoms with E-state index in [9.17, 15) is 14.7 Å². The van der Waals surface area contributed by atoms with E-state index in [4.69, 9.17) is 4.42 Å². The van der Waals surface area contributed by atoms with Crippen LogP contribution in [0.3, 0.4) is 0 Å². The second kappa shape index (κ2) is 7.13. The number of phenolic OH excluding ortho intramolecular Hbond substituents is 1. The Labute approximate surface area is 179 Å². The molecule has 5 nitrogen and oxygen atoms in total. The number of aromatic hydroxyl groups is 1. The SMILES string of the molecule is Cc1cc(C)c2c(=O)c3c(oc2c1)C(=O)N(Cc1ccccc1)C3c1cccc(O)c1. The maximum atomic E-state index is 13.7. The first-order valence-corrected chi connectivity index (χ1v) is 10.2. The van der Waals surface area contributed by atoms with Crippen molar-refractivity contribution in [1.29, 1.82) is 0 Å². The number of aryl methyl sites for hydroxylation is 2. The number of nitrogens with zero attached hydrogens (tertiary/aromatic N) is 1. The molecule has 0 aliphatic carbocycles. The molecule has 3 aromatic carbocycles. The van der Waals surface area contributed by atoms with Gasteiger partial charge < -0.3 is 14.4 Å². The number of fused-ring (bicyclic) bond motifs is 2. The molecule has 0 spiro atoms. The molecule has 4 aromatic rings. The van der Waals surface area contributed by atoms with Crippen LogP contribution in [0.5, 0.6) is 5.75 Å². The second-order valence-corrected chi connectivity index (χ2v) is 8.05. The number of carbonyl (C=O) groups excluding carboxylic acids is 1. The lowest BCUT2D eigenvalue weighted by Gasteiger charge is -2.25. The van der Waals surface area contributed by atoms with E-state index in [-0.39, 0.29) is 22.8 Å². The van der Waals surface area contributed by atoms with E-state index in [2.05, 4.69) is 0 Å². The predicted octanol–water partition coefficient (Wildman–Crippen LogP) is 4.86. The number of amides is 1. The van der Waals surface area contributed by atoms with Crippen LogP contribution in [0.2, 0.25) is 0 Å². The Morgan fingerprint density at radius 2 is 1.74 bits per heavy atom. The van der Waals surface area contributed by atoms with Crippen LogP contribution in [0.1, 0.15) is 44.4 Å². The number of hydrogen-bond donors (Lipinski definition) is 1. The summed E-state index contributed by atoms with van der Waals surface area (Å²) in [6.45, 7) is 4.12. The molecule has 31 heavy (non-hydrogen) atoms. The zero-order chi connectivity index (χ0) is 21.7. The Morgan fingerprint density at radius 3 is 2.48 bits per heavy atom. The standard InChI is InChI=1S/C26H21NO4/c1-15-11-16(2)21-20(12-15)31-25-22(24(21)29)23(18-9-6-10-19(28)13-18)27(26(25)30)14-17-7-4-3-5-8-17/h3-13,23,28H,14H2,1-2H3. The molecule has 1 aromatic heterocycles. The molecule has 1 amide bonds. The van der Waals surface area contributed by atoms with E-state index in [1.54, 1.807) is 29.2 Å². The molecule has 0 saturated heterocycles. The van der Waals surface area contributed by atoms with Crippen molar-refractivity contribution in [3.8, 4) is 5.75 Å². The van der Waals surface area contributed by atoms with E-state index < -0.39 is 6.04 Å². The van der Waals surface area contributed by atoms with Gasteiger partial charge in [0.2, 0.25) is 5.76 Å². The first-order chi connectivity index (χ1) is 14.9. The summed E-state index contributed by atoms with van der Waals surface area (Å²) in [6.07, 6.45) is 0. The summed E-state index contributed by atoms with van der Waals surface area (Å²) < 4.78 is 6.06. The fourth-order valence-electron chi connectivity index (χ4n) is 4.50. The molecule has 2 heterocycles. The third-order valence-corrected chi connectivity index (χ3v) is 5.79. The van der Waals surface area contributed by atoms with Gasteiger partial charge in [0.25, 0.3) is 5.91 Å². The van der Waals surface area contributed by atoms with Crippen molar-refractivity contribution >= 4 is 16.9 Å². The number of benzene rings is 3. The van der Waals surface area contributed by atoms with Gasteiger partial charge in [0, 0.05) is 6.54 Å². The van der Waals surface area contributed by atoms with Gasteiger partial charge in [-0.05, 0) is 54.3 Å². The Hall–Kier alpha value is -3.86. The van der Waals surface area contributed by atoms with Crippen molar-refractivity contribution in [2.75, 3.05) is 0 Å². The van der Waals surface area contributed by atoms with Gasteiger partial charge in [0.15, 0.2) is 5.43 Å². The average Bonchev–Trinajstić information content (AvgIpc) is 3.00. The summed E-state index contributed by atoms with van der Waals surface area (Å²) in [4.78, 5) is 28.8. The van der Waals surface area contributed by atoms with Crippen LogP contribution >= 0.6 is 0 Å². The highest BCUT2D eigenvalue weighted by molar-refractivity contribution is 5.99. The summed E-state index contributed by atoms with van der Waals surface area (Å²) in [5.41, 5.74) is 3.93. The van der Waals surface area contributed by atoms with Crippen molar-refractivity contribution < 1.29 is 14.3 Å². The zero-order valence-electron chi connectivity index (χ0n) is 17.3. The Bertz CT molecular complexity index is 1390. The minimum Gasteiger partial charge on any atom is -0.508 e. The Balaban J connectivity index is 1.77. The highest BCUT2D eigenvalue weighted by Crippen LogP contribution is 2.40. The first kappa shape index (κ1) is 19.1. The van der Waals surface area contributed by atoms with Gasteiger partial charge in [-0.15, -0.1) is 0 Å². The maximum absolute atomic E-state index is 13.7. The maximum Gasteiger partial charge on any atom is 0.291 e. The predicted molar refractivity (Wildman–Crippen MR) is 118 cm³/mol. The van der Waals surface area contributed by atoms with Crippen molar-refractivity contribution in [3.63, 3.8) is 0 Å². The molecule has 1 unspecified atom stereocenters. The van der Waals surface area contributed by atoms with Gasteiger partial charge in [-0.2, -0.15) is 0 Å². The molecular formula is C26H21NO4. The van der Waals surface area contributed by atoms with Gasteiger partial charge in [-0.25, -0.2) is 0 Å². The minimum atomic E-state index is -0.642. The molecule has 0 bridgehead atoms. The van der Waals surface area contributed by atoms with Crippen molar-refractivity contribution in [2.24, 2.45) is 0 Å². The lowest BCUT2D eigenvalue weighted by molar-refractivity contribution is 0.0714. The molecule has 1 aliphatic rings. The van der Waals surface area contributed by atoms with E-state index in [1.165, 1.54) is 0 Å². The fraction of sp³-hybridized carbons (Fsp3) is 0.154. The van der Waals surface area contributed by atoms with Crippen LogP contribution in [0.4, 0.5) is 0 Å². The van der Waals surface area contributed by atoms with Crippen LogP contribution in [-0.4, -0.2) is 15.9 Å². The molecule has 5 heteroatoms. The fourth-order valence-corrected chi connectivity index (χ4v) is 4.50. The summed E-state index contributed by atoms with van der Waals surface area (Å²) in [5.74, 6) is -0.174. The number of carbonyl (C=O) groups is 1. The van der Waals surface area contributed by atoms with E-state index in [1.807, 2.05) is 56.3 Å². The summed E-state index contributed by atoms with van der Waals surface area (Å²) in [5, 5.41) is 10.6. The topological polar surface area (TPSA) is 70.8 Å². The Kier molecular flexibility index (Phi) is 4.40. The van der Waals surface area contributed by atoms with Crippen molar-refractivity contribution in [3.05, 3.63) is 111 Å². The molecule has 1 aliphatic heterocycles. The van der Waals surface area contributed by atoms with Gasteiger partial charge in [0.05, 0.1) is 17.0 Å². The molecule has 0 fully saturated rings. The number of hydrogen-bond acceptors (Lipinski definition) is 4. The van der Waals surface area contributed by atoms with Gasteiger partial charge in [-0.1, -0.05) is 48.5 Å². The highest BCUT2D eigenvalue weighted by Gasteiger charge is 2.43. The quantitative estimate of drug-likeness (QED) is 0.523. The molecule has 0 radical (unpaired) electrons. The minimum absolute atomic E-state index is 0.0757. The average molecular weight is 411 g/mol. The molecular weight excluding hydrogens is 390 g/mol. The zero-order valence-corrected chi connectivity index (χ0v) is 17.3. The Morgan fingerprint density at radius 1 is 0.968 bits per heavy atom. The van der Waals surface area contributed by atoms with E-state index >= 15 is 0 Å². The molecule has 154 valence electrons. The van der Waals surface area contributed by atoms with E-state index in [0.29, 0.717) is 28.6 Å². The molecule has 1 atom stereocenters. The van der Waals surface area contributed by atoms with Crippen molar-refractivity contribution in [2.45, 2.75) is 26.4 Å². The van der Waals surface area contributed by atoms with Crippen LogP contribution in [0, 0.1) is 13.8 Å². The third kappa shape index (κ3) is 3.10. The van der Waals surface area contributed by atoms with Crippen molar-refractivity contribution in [1.82, 2.24) is 4.90 Å². The molecule has 0 saturated carbocycles. The van der Waals surface area contributed by atoms with Gasteiger partial charge in [0.1, 0.15) is 11.3 Å². The monoisotopic (exact) mass is 411 g/mol. The normalized spacial score (nSPS) is 15.5. The smallest absolute Gasteiger partial charge is 0.291 e.